The zero-order valence-corrected chi connectivity index (χ0v) is 7.84. The van der Waals surface area contributed by atoms with Gasteiger partial charge in [-0.05, 0) is 18.1 Å². The van der Waals surface area contributed by atoms with Crippen molar-refractivity contribution in [2.45, 2.75) is 19.0 Å². The number of carbonyl (C=O) groups is 1. The van der Waals surface area contributed by atoms with Gasteiger partial charge in [0.15, 0.2) is 0 Å². The monoisotopic (exact) mass is 217 g/mol. The molecule has 0 aliphatic heterocycles. The number of aryl methyl sites for hydroxylation is 1. The first-order chi connectivity index (χ1) is 6.90. The highest BCUT2D eigenvalue weighted by Crippen LogP contribution is 2.23. The van der Waals surface area contributed by atoms with Crippen molar-refractivity contribution < 1.29 is 18.0 Å². The first-order valence-corrected chi connectivity index (χ1v) is 4.34. The second kappa shape index (κ2) is 4.33. The third-order valence-corrected chi connectivity index (χ3v) is 1.96. The fourth-order valence-corrected chi connectivity index (χ4v) is 1.26. The smallest absolute Gasteiger partial charge is 0.366 e. The predicted molar refractivity (Wildman–Crippen MR) is 49.3 cm³/mol. The van der Waals surface area contributed by atoms with Crippen LogP contribution in [0.2, 0.25) is 0 Å². The van der Waals surface area contributed by atoms with Crippen molar-refractivity contribution in [3.63, 3.8) is 0 Å². The SMILES string of the molecule is NC(=O)c1ccccc1CCC(F)(F)F. The number of nitrogens with two attached hydrogens (primary N) is 1. The molecule has 0 aromatic heterocycles. The summed E-state index contributed by atoms with van der Waals surface area (Å²) in [4.78, 5) is 10.9. The Hall–Kier alpha value is -1.52. The van der Waals surface area contributed by atoms with Gasteiger partial charge in [0.1, 0.15) is 0 Å². The Balaban J connectivity index is 2.81. The third-order valence-electron chi connectivity index (χ3n) is 1.96. The number of benzene rings is 1. The molecule has 0 atom stereocenters. The molecule has 0 saturated carbocycles. The Labute approximate surface area is 84.9 Å². The molecule has 0 unspecified atom stereocenters. The van der Waals surface area contributed by atoms with E-state index in [1.54, 1.807) is 12.1 Å². The van der Waals surface area contributed by atoms with E-state index in [0.717, 1.165) is 0 Å². The lowest BCUT2D eigenvalue weighted by molar-refractivity contribution is -0.134. The minimum absolute atomic E-state index is 0.154. The van der Waals surface area contributed by atoms with E-state index >= 15 is 0 Å². The van der Waals surface area contributed by atoms with Crippen LogP contribution in [0.25, 0.3) is 0 Å². The number of halogens is 3. The number of alkyl halides is 3. The second-order valence-corrected chi connectivity index (χ2v) is 3.14. The standard InChI is InChI=1S/C10H10F3NO/c11-10(12,13)6-5-7-3-1-2-4-8(7)9(14)15/h1-4H,5-6H2,(H2,14,15). The van der Waals surface area contributed by atoms with Crippen molar-refractivity contribution in [3.05, 3.63) is 35.4 Å². The lowest BCUT2D eigenvalue weighted by atomic mass is 10.0. The van der Waals surface area contributed by atoms with E-state index in [1.165, 1.54) is 12.1 Å². The highest BCUT2D eigenvalue weighted by molar-refractivity contribution is 5.94. The van der Waals surface area contributed by atoms with E-state index in [4.69, 9.17) is 5.73 Å². The molecular formula is C10H10F3NO. The van der Waals surface area contributed by atoms with Gasteiger partial charge >= 0.3 is 6.18 Å². The zero-order chi connectivity index (χ0) is 11.5. The molecule has 0 fully saturated rings. The average molecular weight is 217 g/mol. The Kier molecular flexibility index (Phi) is 3.34. The third kappa shape index (κ3) is 3.61. The van der Waals surface area contributed by atoms with Gasteiger partial charge in [0.2, 0.25) is 5.91 Å². The Morgan fingerprint density at radius 1 is 1.27 bits per heavy atom. The summed E-state index contributed by atoms with van der Waals surface area (Å²) in [5, 5.41) is 0. The van der Waals surface area contributed by atoms with Crippen LogP contribution >= 0.6 is 0 Å². The molecule has 1 aromatic rings. The number of carbonyl (C=O) groups excluding carboxylic acids is 1. The Morgan fingerprint density at radius 3 is 2.40 bits per heavy atom. The molecule has 82 valence electrons. The zero-order valence-electron chi connectivity index (χ0n) is 7.84. The van der Waals surface area contributed by atoms with Crippen LogP contribution in [0.5, 0.6) is 0 Å². The molecule has 0 heterocycles. The van der Waals surface area contributed by atoms with Gasteiger partial charge in [-0.25, -0.2) is 0 Å². The maximum Gasteiger partial charge on any atom is 0.389 e. The quantitative estimate of drug-likeness (QED) is 0.829. The summed E-state index contributed by atoms with van der Waals surface area (Å²) >= 11 is 0. The van der Waals surface area contributed by atoms with Gasteiger partial charge < -0.3 is 5.73 Å². The van der Waals surface area contributed by atoms with Gasteiger partial charge in [-0.2, -0.15) is 13.2 Å². The summed E-state index contributed by atoms with van der Waals surface area (Å²) in [5.74, 6) is -0.701. The molecular weight excluding hydrogens is 207 g/mol. The lowest BCUT2D eigenvalue weighted by Crippen LogP contribution is -2.15. The lowest BCUT2D eigenvalue weighted by Gasteiger charge is -2.08. The fraction of sp³-hybridized carbons (Fsp3) is 0.300. The number of amides is 1. The first kappa shape index (κ1) is 11.6. The first-order valence-electron chi connectivity index (χ1n) is 4.34. The van der Waals surface area contributed by atoms with Crippen molar-refractivity contribution in [1.82, 2.24) is 0 Å². The van der Waals surface area contributed by atoms with E-state index in [-0.39, 0.29) is 12.0 Å². The largest absolute Gasteiger partial charge is 0.389 e. The van der Waals surface area contributed by atoms with Gasteiger partial charge in [-0.15, -0.1) is 0 Å². The molecule has 1 rings (SSSR count). The molecule has 2 nitrogen and oxygen atoms in total. The van der Waals surface area contributed by atoms with Gasteiger partial charge in [0.25, 0.3) is 0 Å². The van der Waals surface area contributed by atoms with Crippen LogP contribution in [0.15, 0.2) is 24.3 Å². The van der Waals surface area contributed by atoms with Crippen molar-refractivity contribution >= 4 is 5.91 Å². The van der Waals surface area contributed by atoms with Crippen LogP contribution < -0.4 is 5.73 Å². The molecule has 5 heteroatoms. The van der Waals surface area contributed by atoms with Crippen LogP contribution in [0.3, 0.4) is 0 Å². The highest BCUT2D eigenvalue weighted by Gasteiger charge is 2.27. The molecule has 0 aliphatic rings. The maximum atomic E-state index is 12.0. The van der Waals surface area contributed by atoms with Crippen molar-refractivity contribution in [2.24, 2.45) is 5.73 Å². The topological polar surface area (TPSA) is 43.1 Å². The van der Waals surface area contributed by atoms with Crippen LogP contribution in [0.1, 0.15) is 22.3 Å². The van der Waals surface area contributed by atoms with Crippen LogP contribution in [-0.2, 0) is 6.42 Å². The van der Waals surface area contributed by atoms with Gasteiger partial charge in [-0.3, -0.25) is 4.79 Å². The Morgan fingerprint density at radius 2 is 1.87 bits per heavy atom. The van der Waals surface area contributed by atoms with Crippen molar-refractivity contribution in [3.8, 4) is 0 Å². The molecule has 0 bridgehead atoms. The normalized spacial score (nSPS) is 11.4. The minimum atomic E-state index is -4.22. The van der Waals surface area contributed by atoms with Gasteiger partial charge in [0, 0.05) is 12.0 Å². The fourth-order valence-electron chi connectivity index (χ4n) is 1.26. The maximum absolute atomic E-state index is 12.0. The van der Waals surface area contributed by atoms with Crippen molar-refractivity contribution in [1.29, 1.82) is 0 Å². The number of rotatable bonds is 3. The molecule has 1 aromatic carbocycles. The predicted octanol–water partition coefficient (Wildman–Crippen LogP) is 2.28. The number of primary amides is 1. The summed E-state index contributed by atoms with van der Waals surface area (Å²) in [5.41, 5.74) is 5.52. The van der Waals surface area contributed by atoms with E-state index < -0.39 is 18.5 Å². The molecule has 15 heavy (non-hydrogen) atoms. The average Bonchev–Trinajstić information content (AvgIpc) is 2.14. The van der Waals surface area contributed by atoms with E-state index in [1.807, 2.05) is 0 Å². The van der Waals surface area contributed by atoms with E-state index in [0.29, 0.717) is 5.56 Å². The van der Waals surface area contributed by atoms with Crippen molar-refractivity contribution in [2.75, 3.05) is 0 Å². The summed E-state index contributed by atoms with van der Waals surface area (Å²) < 4.78 is 35.9. The molecule has 0 saturated heterocycles. The molecule has 1 amide bonds. The van der Waals surface area contributed by atoms with E-state index in [9.17, 15) is 18.0 Å². The summed E-state index contributed by atoms with van der Waals surface area (Å²) in [6.45, 7) is 0. The van der Waals surface area contributed by atoms with Gasteiger partial charge in [-0.1, -0.05) is 18.2 Å². The number of hydrogen-bond donors (Lipinski definition) is 1. The number of hydrogen-bond acceptors (Lipinski definition) is 1. The summed E-state index contributed by atoms with van der Waals surface area (Å²) in [7, 11) is 0. The summed E-state index contributed by atoms with van der Waals surface area (Å²) in [6.07, 6.45) is -5.38. The van der Waals surface area contributed by atoms with E-state index in [2.05, 4.69) is 0 Å². The molecule has 0 radical (unpaired) electrons. The molecule has 0 aliphatic carbocycles. The van der Waals surface area contributed by atoms with Crippen LogP contribution in [0, 0.1) is 0 Å². The van der Waals surface area contributed by atoms with Crippen LogP contribution in [-0.4, -0.2) is 12.1 Å². The Bertz CT molecular complexity index is 360. The van der Waals surface area contributed by atoms with Gasteiger partial charge in [0.05, 0.1) is 0 Å². The second-order valence-electron chi connectivity index (χ2n) is 3.14. The minimum Gasteiger partial charge on any atom is -0.366 e. The highest BCUT2D eigenvalue weighted by atomic mass is 19.4. The van der Waals surface area contributed by atoms with Crippen LogP contribution in [0.4, 0.5) is 13.2 Å². The molecule has 2 N–H and O–H groups in total. The molecule has 0 spiro atoms. The summed E-state index contributed by atoms with van der Waals surface area (Å²) in [6, 6.07) is 6.05.